The minimum absolute atomic E-state index is 0.159. The van der Waals surface area contributed by atoms with Gasteiger partial charge in [0.1, 0.15) is 5.69 Å². The fourth-order valence-corrected chi connectivity index (χ4v) is 3.97. The predicted molar refractivity (Wildman–Crippen MR) is 114 cm³/mol. The summed E-state index contributed by atoms with van der Waals surface area (Å²) in [5.41, 5.74) is 3.60. The molecule has 5 nitrogen and oxygen atoms in total. The van der Waals surface area contributed by atoms with Gasteiger partial charge in [-0.25, -0.2) is 4.79 Å². The van der Waals surface area contributed by atoms with E-state index >= 15 is 0 Å². The van der Waals surface area contributed by atoms with E-state index in [1.165, 1.54) is 12.8 Å². The van der Waals surface area contributed by atoms with Crippen LogP contribution in [0.4, 0.5) is 0 Å². The lowest BCUT2D eigenvalue weighted by Crippen LogP contribution is -2.30. The molecule has 1 amide bonds. The van der Waals surface area contributed by atoms with Crippen molar-refractivity contribution in [2.24, 2.45) is 13.0 Å². The van der Waals surface area contributed by atoms with Crippen LogP contribution in [0.15, 0.2) is 42.5 Å². The van der Waals surface area contributed by atoms with E-state index in [1.54, 1.807) is 24.3 Å². The summed E-state index contributed by atoms with van der Waals surface area (Å²) in [7, 11) is 1.86. The Hall–Kier alpha value is -2.79. The van der Waals surface area contributed by atoms with Gasteiger partial charge in [0, 0.05) is 18.0 Å². The van der Waals surface area contributed by atoms with E-state index in [9.17, 15) is 9.59 Å². The summed E-state index contributed by atoms with van der Waals surface area (Å²) in [6, 6.07) is 12.4. The normalized spacial score (nSPS) is 14.7. The third kappa shape index (κ3) is 3.87. The molecule has 6 heteroatoms. The SMILES string of the molecule is Cc1ccc2c(cc(C(=O)NC(CC3CC3)c3ccc(C(=O)O)cc3)n2C)c1Cl. The fourth-order valence-electron chi connectivity index (χ4n) is 3.76. The van der Waals surface area contributed by atoms with E-state index in [0.717, 1.165) is 28.5 Å². The molecule has 1 saturated carbocycles. The summed E-state index contributed by atoms with van der Waals surface area (Å²) < 4.78 is 1.86. The third-order valence-electron chi connectivity index (χ3n) is 5.72. The zero-order valence-corrected chi connectivity index (χ0v) is 17.2. The number of aryl methyl sites for hydroxylation is 2. The first kappa shape index (κ1) is 19.5. The maximum Gasteiger partial charge on any atom is 0.335 e. The van der Waals surface area contributed by atoms with Gasteiger partial charge in [0.15, 0.2) is 0 Å². The molecule has 1 aliphatic rings. The number of nitrogens with zero attached hydrogens (tertiary/aromatic N) is 1. The number of rotatable bonds is 6. The number of aromatic nitrogens is 1. The molecule has 1 aromatic heterocycles. The van der Waals surface area contributed by atoms with Crippen LogP contribution >= 0.6 is 11.6 Å². The first-order valence-corrected chi connectivity index (χ1v) is 10.1. The van der Waals surface area contributed by atoms with Gasteiger partial charge >= 0.3 is 5.97 Å². The zero-order valence-electron chi connectivity index (χ0n) is 16.4. The summed E-state index contributed by atoms with van der Waals surface area (Å²) >= 11 is 6.44. The van der Waals surface area contributed by atoms with Crippen LogP contribution in [0.3, 0.4) is 0 Å². The number of carbonyl (C=O) groups is 2. The largest absolute Gasteiger partial charge is 0.478 e. The highest BCUT2D eigenvalue weighted by Crippen LogP contribution is 2.38. The Kier molecular flexibility index (Phi) is 5.09. The molecule has 0 aliphatic heterocycles. The first-order chi connectivity index (χ1) is 13.8. The lowest BCUT2D eigenvalue weighted by molar-refractivity contribution is 0.0696. The molecule has 150 valence electrons. The van der Waals surface area contributed by atoms with E-state index < -0.39 is 5.97 Å². The highest BCUT2D eigenvalue weighted by Gasteiger charge is 2.28. The van der Waals surface area contributed by atoms with Crippen molar-refractivity contribution in [3.63, 3.8) is 0 Å². The molecule has 0 radical (unpaired) electrons. The number of aromatic carboxylic acids is 1. The number of nitrogens with one attached hydrogen (secondary N) is 1. The standard InChI is InChI=1S/C23H23ClN2O3/c1-13-3-10-19-17(21(13)24)12-20(26(19)2)22(27)25-18(11-14-4-5-14)15-6-8-16(9-7-15)23(28)29/h3,6-10,12,14,18H,4-5,11H2,1-2H3,(H,25,27)(H,28,29). The number of carboxylic acid groups (broad SMARTS) is 1. The van der Waals surface area contributed by atoms with Gasteiger partial charge in [-0.15, -0.1) is 0 Å². The molecule has 1 atom stereocenters. The van der Waals surface area contributed by atoms with E-state index in [4.69, 9.17) is 16.7 Å². The molecular weight excluding hydrogens is 388 g/mol. The topological polar surface area (TPSA) is 71.3 Å². The summed E-state index contributed by atoms with van der Waals surface area (Å²) in [6.45, 7) is 1.95. The monoisotopic (exact) mass is 410 g/mol. The molecule has 1 heterocycles. The summed E-state index contributed by atoms with van der Waals surface area (Å²) in [5.74, 6) is -0.517. The quantitative estimate of drug-likeness (QED) is 0.593. The van der Waals surface area contributed by atoms with Crippen LogP contribution in [0.2, 0.25) is 5.02 Å². The molecule has 1 fully saturated rings. The second-order valence-corrected chi connectivity index (χ2v) is 8.23. The fraction of sp³-hybridized carbons (Fsp3) is 0.304. The Bertz CT molecular complexity index is 1100. The van der Waals surface area contributed by atoms with Gasteiger partial charge in [0.05, 0.1) is 16.6 Å². The molecule has 1 unspecified atom stereocenters. The van der Waals surface area contributed by atoms with Crippen LogP contribution in [0.25, 0.3) is 10.9 Å². The van der Waals surface area contributed by atoms with Crippen molar-refractivity contribution >= 4 is 34.4 Å². The molecule has 1 aliphatic carbocycles. The smallest absolute Gasteiger partial charge is 0.335 e. The zero-order chi connectivity index (χ0) is 20.7. The predicted octanol–water partition coefficient (Wildman–Crippen LogP) is 5.11. The molecule has 0 spiro atoms. The second-order valence-electron chi connectivity index (χ2n) is 7.85. The Balaban J connectivity index is 1.63. The number of fused-ring (bicyclic) bond motifs is 1. The van der Waals surface area contributed by atoms with Gasteiger partial charge < -0.3 is 15.0 Å². The van der Waals surface area contributed by atoms with Crippen LogP contribution in [0.1, 0.15) is 57.3 Å². The van der Waals surface area contributed by atoms with Crippen LogP contribution < -0.4 is 5.32 Å². The van der Waals surface area contributed by atoms with Crippen molar-refractivity contribution in [3.05, 3.63) is 69.9 Å². The minimum Gasteiger partial charge on any atom is -0.478 e. The van der Waals surface area contributed by atoms with E-state index in [-0.39, 0.29) is 17.5 Å². The van der Waals surface area contributed by atoms with Crippen LogP contribution in [-0.2, 0) is 7.05 Å². The Labute approximate surface area is 174 Å². The van der Waals surface area contributed by atoms with Crippen molar-refractivity contribution in [3.8, 4) is 0 Å². The Morgan fingerprint density at radius 1 is 1.21 bits per heavy atom. The van der Waals surface area contributed by atoms with Crippen molar-refractivity contribution in [2.75, 3.05) is 0 Å². The highest BCUT2D eigenvalue weighted by atomic mass is 35.5. The van der Waals surface area contributed by atoms with E-state index in [0.29, 0.717) is 16.6 Å². The van der Waals surface area contributed by atoms with Crippen LogP contribution in [-0.4, -0.2) is 21.6 Å². The van der Waals surface area contributed by atoms with Gasteiger partial charge in [0.25, 0.3) is 5.91 Å². The molecule has 29 heavy (non-hydrogen) atoms. The summed E-state index contributed by atoms with van der Waals surface area (Å²) in [5, 5.41) is 13.8. The molecule has 4 rings (SSSR count). The molecule has 3 aromatic rings. The van der Waals surface area contributed by atoms with Crippen LogP contribution in [0, 0.1) is 12.8 Å². The van der Waals surface area contributed by atoms with Gasteiger partial charge in [-0.3, -0.25) is 4.79 Å². The number of amides is 1. The molecular formula is C23H23ClN2O3. The number of benzene rings is 2. The minimum atomic E-state index is -0.956. The van der Waals surface area contributed by atoms with Gasteiger partial charge in [-0.1, -0.05) is 42.6 Å². The lowest BCUT2D eigenvalue weighted by Gasteiger charge is -2.19. The average Bonchev–Trinajstić information content (AvgIpc) is 3.45. The van der Waals surface area contributed by atoms with Crippen molar-refractivity contribution in [1.82, 2.24) is 9.88 Å². The van der Waals surface area contributed by atoms with Gasteiger partial charge in [-0.05, 0) is 54.7 Å². The Morgan fingerprint density at radius 3 is 2.52 bits per heavy atom. The third-order valence-corrected chi connectivity index (χ3v) is 6.22. The average molecular weight is 411 g/mol. The van der Waals surface area contributed by atoms with E-state index in [1.807, 2.05) is 36.7 Å². The number of hydrogen-bond acceptors (Lipinski definition) is 2. The van der Waals surface area contributed by atoms with E-state index in [2.05, 4.69) is 5.32 Å². The molecule has 0 saturated heterocycles. The van der Waals surface area contributed by atoms with Gasteiger partial charge in [0.2, 0.25) is 0 Å². The molecule has 2 N–H and O–H groups in total. The molecule has 2 aromatic carbocycles. The summed E-state index contributed by atoms with van der Waals surface area (Å²) in [6.07, 6.45) is 3.19. The Morgan fingerprint density at radius 2 is 1.90 bits per heavy atom. The number of carbonyl (C=O) groups excluding carboxylic acids is 1. The van der Waals surface area contributed by atoms with Crippen molar-refractivity contribution in [1.29, 1.82) is 0 Å². The van der Waals surface area contributed by atoms with Crippen molar-refractivity contribution in [2.45, 2.75) is 32.2 Å². The maximum atomic E-state index is 13.1. The number of hydrogen-bond donors (Lipinski definition) is 2. The number of carboxylic acids is 1. The lowest BCUT2D eigenvalue weighted by atomic mass is 9.99. The first-order valence-electron chi connectivity index (χ1n) is 9.74. The second kappa shape index (κ2) is 7.56. The maximum absolute atomic E-state index is 13.1. The van der Waals surface area contributed by atoms with Gasteiger partial charge in [-0.2, -0.15) is 0 Å². The summed E-state index contributed by atoms with van der Waals surface area (Å²) in [4.78, 5) is 24.2. The number of halogens is 1. The van der Waals surface area contributed by atoms with Crippen molar-refractivity contribution < 1.29 is 14.7 Å². The molecule has 0 bridgehead atoms. The van der Waals surface area contributed by atoms with Crippen LogP contribution in [0.5, 0.6) is 0 Å². The highest BCUT2D eigenvalue weighted by molar-refractivity contribution is 6.36.